The van der Waals surface area contributed by atoms with Gasteiger partial charge >= 0.3 is 0 Å². The van der Waals surface area contributed by atoms with Crippen LogP contribution in [0.4, 0.5) is 0 Å². The van der Waals surface area contributed by atoms with Gasteiger partial charge in [0.2, 0.25) is 0 Å². The van der Waals surface area contributed by atoms with Gasteiger partial charge < -0.3 is 19.5 Å². The summed E-state index contributed by atoms with van der Waals surface area (Å²) in [4.78, 5) is 1.99. The Labute approximate surface area is 66.7 Å². The maximum Gasteiger partial charge on any atom is 0.170 e. The summed E-state index contributed by atoms with van der Waals surface area (Å²) in [5.74, 6) is 0. The summed E-state index contributed by atoms with van der Waals surface area (Å²) in [6.45, 7) is 1.30. The molecular weight excluding hydrogens is 146 g/mol. The smallest absolute Gasteiger partial charge is 0.170 e. The van der Waals surface area contributed by atoms with Gasteiger partial charge in [-0.05, 0) is 14.1 Å². The van der Waals surface area contributed by atoms with Crippen molar-refractivity contribution >= 4 is 0 Å². The van der Waals surface area contributed by atoms with E-state index in [4.69, 9.17) is 14.6 Å². The molecule has 4 nitrogen and oxygen atoms in total. The Bertz CT molecular complexity index is 118. The van der Waals surface area contributed by atoms with E-state index in [1.54, 1.807) is 0 Å². The molecular formula is C7H15NO3. The summed E-state index contributed by atoms with van der Waals surface area (Å²) in [7, 11) is 3.91. The lowest BCUT2D eigenvalue weighted by Crippen LogP contribution is -2.27. The van der Waals surface area contributed by atoms with Crippen LogP contribution in [0.1, 0.15) is 0 Å². The van der Waals surface area contributed by atoms with E-state index in [0.717, 1.165) is 6.54 Å². The quantitative estimate of drug-likeness (QED) is 0.593. The Morgan fingerprint density at radius 2 is 2.27 bits per heavy atom. The molecule has 11 heavy (non-hydrogen) atoms. The molecule has 1 aliphatic heterocycles. The van der Waals surface area contributed by atoms with Crippen molar-refractivity contribution in [2.45, 2.75) is 12.4 Å². The van der Waals surface area contributed by atoms with Gasteiger partial charge in [0.1, 0.15) is 6.10 Å². The molecule has 0 saturated carbocycles. The zero-order valence-corrected chi connectivity index (χ0v) is 6.99. The largest absolute Gasteiger partial charge is 0.394 e. The molecule has 66 valence electrons. The van der Waals surface area contributed by atoms with Gasteiger partial charge in [0.05, 0.1) is 13.2 Å². The fourth-order valence-corrected chi connectivity index (χ4v) is 0.997. The maximum atomic E-state index is 8.70. The summed E-state index contributed by atoms with van der Waals surface area (Å²) < 4.78 is 10.6. The van der Waals surface area contributed by atoms with Crippen molar-refractivity contribution in [1.82, 2.24) is 4.90 Å². The van der Waals surface area contributed by atoms with Crippen LogP contribution in [0.15, 0.2) is 0 Å². The molecule has 0 aromatic carbocycles. The number of hydrogen-bond acceptors (Lipinski definition) is 4. The Kier molecular flexibility index (Phi) is 3.26. The minimum absolute atomic E-state index is 0.0456. The second-order valence-corrected chi connectivity index (χ2v) is 2.97. The lowest BCUT2D eigenvalue weighted by molar-refractivity contribution is -0.0755. The fraction of sp³-hybridized carbons (Fsp3) is 1.00. The van der Waals surface area contributed by atoms with Crippen LogP contribution in [0.25, 0.3) is 0 Å². The second kappa shape index (κ2) is 4.01. The number of likely N-dealkylation sites (N-methyl/N-ethyl adjacent to an activating group) is 1. The van der Waals surface area contributed by atoms with Gasteiger partial charge in [-0.2, -0.15) is 0 Å². The molecule has 1 N–H and O–H groups in total. The molecule has 0 bridgehead atoms. The van der Waals surface area contributed by atoms with E-state index in [-0.39, 0.29) is 19.0 Å². The van der Waals surface area contributed by atoms with Crippen molar-refractivity contribution in [1.29, 1.82) is 0 Å². The first kappa shape index (κ1) is 8.93. The molecule has 0 aromatic heterocycles. The average molecular weight is 161 g/mol. The fourth-order valence-electron chi connectivity index (χ4n) is 0.997. The third kappa shape index (κ3) is 2.75. The number of ether oxygens (including phenoxy) is 2. The van der Waals surface area contributed by atoms with Crippen molar-refractivity contribution < 1.29 is 14.6 Å². The van der Waals surface area contributed by atoms with Crippen LogP contribution in [-0.2, 0) is 9.47 Å². The third-order valence-corrected chi connectivity index (χ3v) is 1.53. The minimum atomic E-state index is -0.165. The van der Waals surface area contributed by atoms with Crippen molar-refractivity contribution in [3.8, 4) is 0 Å². The normalized spacial score (nSPS) is 31.6. The molecule has 0 amide bonds. The molecule has 4 heteroatoms. The number of aliphatic hydroxyl groups is 1. The van der Waals surface area contributed by atoms with E-state index >= 15 is 0 Å². The highest BCUT2D eigenvalue weighted by Crippen LogP contribution is 2.10. The molecule has 0 aliphatic carbocycles. The number of aliphatic hydroxyl groups excluding tert-OH is 1. The summed E-state index contributed by atoms with van der Waals surface area (Å²) >= 11 is 0. The van der Waals surface area contributed by atoms with E-state index in [1.165, 1.54) is 0 Å². The highest BCUT2D eigenvalue weighted by atomic mass is 16.7. The molecule has 2 unspecified atom stereocenters. The highest BCUT2D eigenvalue weighted by molar-refractivity contribution is 4.65. The molecule has 1 saturated heterocycles. The predicted molar refractivity (Wildman–Crippen MR) is 40.3 cm³/mol. The van der Waals surface area contributed by atoms with Gasteiger partial charge in [-0.1, -0.05) is 0 Å². The molecule has 0 aromatic rings. The highest BCUT2D eigenvalue weighted by Gasteiger charge is 2.25. The van der Waals surface area contributed by atoms with Crippen LogP contribution in [0, 0.1) is 0 Å². The number of hydrogen-bond donors (Lipinski definition) is 1. The van der Waals surface area contributed by atoms with Crippen molar-refractivity contribution in [3.05, 3.63) is 0 Å². The Hall–Kier alpha value is -0.160. The zero-order valence-electron chi connectivity index (χ0n) is 6.99. The summed E-state index contributed by atoms with van der Waals surface area (Å²) in [6, 6.07) is 0. The molecule has 1 heterocycles. The molecule has 2 atom stereocenters. The Morgan fingerprint density at radius 3 is 2.73 bits per heavy atom. The lowest BCUT2D eigenvalue weighted by atomic mass is 10.4. The Balaban J connectivity index is 2.19. The molecule has 1 fully saturated rings. The molecule has 1 rings (SSSR count). The average Bonchev–Trinajstić information content (AvgIpc) is 2.34. The topological polar surface area (TPSA) is 41.9 Å². The van der Waals surface area contributed by atoms with Gasteiger partial charge in [0.15, 0.2) is 6.29 Å². The zero-order chi connectivity index (χ0) is 8.27. The van der Waals surface area contributed by atoms with Crippen LogP contribution in [0.5, 0.6) is 0 Å². The molecule has 0 spiro atoms. The van der Waals surface area contributed by atoms with Gasteiger partial charge in [-0.15, -0.1) is 0 Å². The first-order chi connectivity index (χ1) is 5.22. The Morgan fingerprint density at radius 1 is 1.55 bits per heavy atom. The van der Waals surface area contributed by atoms with Crippen molar-refractivity contribution in [2.75, 3.05) is 33.9 Å². The van der Waals surface area contributed by atoms with Crippen molar-refractivity contribution in [3.63, 3.8) is 0 Å². The molecule has 0 radical (unpaired) electrons. The summed E-state index contributed by atoms with van der Waals surface area (Å²) in [5, 5.41) is 8.70. The van der Waals surface area contributed by atoms with E-state index in [0.29, 0.717) is 6.61 Å². The van der Waals surface area contributed by atoms with Gasteiger partial charge in [-0.25, -0.2) is 0 Å². The first-order valence-electron chi connectivity index (χ1n) is 3.75. The minimum Gasteiger partial charge on any atom is -0.394 e. The van der Waals surface area contributed by atoms with Crippen LogP contribution in [0.3, 0.4) is 0 Å². The van der Waals surface area contributed by atoms with Crippen molar-refractivity contribution in [2.24, 2.45) is 0 Å². The van der Waals surface area contributed by atoms with E-state index in [1.807, 2.05) is 19.0 Å². The summed E-state index contributed by atoms with van der Waals surface area (Å²) in [6.07, 6.45) is -0.290. The van der Waals surface area contributed by atoms with Crippen LogP contribution < -0.4 is 0 Å². The number of nitrogens with zero attached hydrogens (tertiary/aromatic N) is 1. The predicted octanol–water partition coefficient (Wildman–Crippen LogP) is -0.718. The number of rotatable bonds is 3. The van der Waals surface area contributed by atoms with Crippen LogP contribution in [-0.4, -0.2) is 56.3 Å². The summed E-state index contributed by atoms with van der Waals surface area (Å²) in [5.41, 5.74) is 0. The third-order valence-electron chi connectivity index (χ3n) is 1.53. The first-order valence-corrected chi connectivity index (χ1v) is 3.75. The van der Waals surface area contributed by atoms with Gasteiger partial charge in [0, 0.05) is 6.54 Å². The van der Waals surface area contributed by atoms with Gasteiger partial charge in [0.25, 0.3) is 0 Å². The maximum absolute atomic E-state index is 8.70. The monoisotopic (exact) mass is 161 g/mol. The van der Waals surface area contributed by atoms with Gasteiger partial charge in [-0.3, -0.25) is 0 Å². The second-order valence-electron chi connectivity index (χ2n) is 2.97. The molecule has 1 aliphatic rings. The van der Waals surface area contributed by atoms with E-state index in [2.05, 4.69) is 0 Å². The standard InChI is InChI=1S/C7H15NO3/c1-8(2)3-7-10-5-6(4-9)11-7/h6-7,9H,3-5H2,1-2H3. The SMILES string of the molecule is CN(C)CC1OCC(CO)O1. The lowest BCUT2D eigenvalue weighted by Gasteiger charge is -2.14. The van der Waals surface area contributed by atoms with Crippen LogP contribution >= 0.6 is 0 Å². The van der Waals surface area contributed by atoms with E-state index < -0.39 is 0 Å². The van der Waals surface area contributed by atoms with E-state index in [9.17, 15) is 0 Å². The van der Waals surface area contributed by atoms with Crippen LogP contribution in [0.2, 0.25) is 0 Å².